The Morgan fingerprint density at radius 1 is 1.25 bits per heavy atom. The van der Waals surface area contributed by atoms with Crippen LogP contribution in [0.3, 0.4) is 0 Å². The first-order valence-corrected chi connectivity index (χ1v) is 6.92. The highest BCUT2D eigenvalue weighted by molar-refractivity contribution is 9.10. The number of carbonyl (C=O) groups is 1. The molecule has 1 heterocycles. The topological polar surface area (TPSA) is 54.0 Å². The fourth-order valence-corrected chi connectivity index (χ4v) is 1.87. The molecule has 4 nitrogen and oxygen atoms in total. The molecule has 102 valence electrons. The second-order valence-corrected chi connectivity index (χ2v) is 5.19. The van der Waals surface area contributed by atoms with Crippen LogP contribution >= 0.6 is 27.5 Å². The molecular weight excluding hydrogens is 342 g/mol. The largest absolute Gasteiger partial charge is 0.324 e. The summed E-state index contributed by atoms with van der Waals surface area (Å²) in [5, 5.41) is 5.88. The molecule has 2 N–H and O–H groups in total. The van der Waals surface area contributed by atoms with Crippen LogP contribution in [-0.2, 0) is 0 Å². The van der Waals surface area contributed by atoms with Gasteiger partial charge in [0, 0.05) is 21.9 Å². The summed E-state index contributed by atoms with van der Waals surface area (Å²) < 4.78 is 0.847. The molecule has 0 aliphatic heterocycles. The van der Waals surface area contributed by atoms with Crippen molar-refractivity contribution in [2.75, 3.05) is 5.32 Å². The lowest BCUT2D eigenvalue weighted by atomic mass is 10.2. The number of benzene rings is 1. The van der Waals surface area contributed by atoms with Crippen molar-refractivity contribution in [3.8, 4) is 0 Å². The Kier molecular flexibility index (Phi) is 5.15. The second kappa shape index (κ2) is 7.07. The molecule has 0 atom stereocenters. The Bertz CT molecular complexity index is 629. The van der Waals surface area contributed by atoms with E-state index in [1.807, 2.05) is 12.1 Å². The Hall–Kier alpha value is -1.85. The van der Waals surface area contributed by atoms with Gasteiger partial charge in [0.1, 0.15) is 5.82 Å². The van der Waals surface area contributed by atoms with E-state index in [0.29, 0.717) is 10.8 Å². The number of nitrogens with one attached hydrogen (secondary N) is 2. The van der Waals surface area contributed by atoms with Crippen molar-refractivity contribution in [1.29, 1.82) is 0 Å². The van der Waals surface area contributed by atoms with E-state index < -0.39 is 0 Å². The van der Waals surface area contributed by atoms with Gasteiger partial charge in [-0.3, -0.25) is 5.32 Å². The first-order valence-electron chi connectivity index (χ1n) is 5.75. The van der Waals surface area contributed by atoms with Crippen LogP contribution in [0.4, 0.5) is 10.6 Å². The zero-order valence-electron chi connectivity index (χ0n) is 10.3. The number of urea groups is 1. The Labute approximate surface area is 130 Å². The number of pyridine rings is 1. The summed E-state index contributed by atoms with van der Waals surface area (Å²) in [5.41, 5.74) is 0.940. The van der Waals surface area contributed by atoms with Crippen LogP contribution < -0.4 is 10.6 Å². The lowest BCUT2D eigenvalue weighted by Crippen LogP contribution is -2.24. The van der Waals surface area contributed by atoms with Crippen LogP contribution in [0.2, 0.25) is 5.02 Å². The molecule has 0 bridgehead atoms. The summed E-state index contributed by atoms with van der Waals surface area (Å²) in [5.74, 6) is 0.469. The van der Waals surface area contributed by atoms with E-state index in [9.17, 15) is 4.79 Å². The average Bonchev–Trinajstić information content (AvgIpc) is 2.41. The molecule has 0 radical (unpaired) electrons. The summed E-state index contributed by atoms with van der Waals surface area (Å²) >= 11 is 9.09. The minimum atomic E-state index is -0.360. The molecule has 0 saturated heterocycles. The molecule has 0 saturated carbocycles. The molecule has 20 heavy (non-hydrogen) atoms. The van der Waals surface area contributed by atoms with E-state index in [-0.39, 0.29) is 6.03 Å². The molecule has 0 aliphatic carbocycles. The van der Waals surface area contributed by atoms with Crippen molar-refractivity contribution in [3.63, 3.8) is 0 Å². The third kappa shape index (κ3) is 4.68. The lowest BCUT2D eigenvalue weighted by Gasteiger charge is -2.03. The molecule has 2 amide bonds. The van der Waals surface area contributed by atoms with Gasteiger partial charge in [-0.2, -0.15) is 0 Å². The molecule has 1 aromatic heterocycles. The van der Waals surface area contributed by atoms with Crippen molar-refractivity contribution < 1.29 is 4.79 Å². The summed E-state index contributed by atoms with van der Waals surface area (Å²) in [6.45, 7) is 0. The van der Waals surface area contributed by atoms with Gasteiger partial charge in [-0.25, -0.2) is 9.78 Å². The van der Waals surface area contributed by atoms with Crippen LogP contribution in [0, 0.1) is 0 Å². The normalized spacial score (nSPS) is 10.5. The van der Waals surface area contributed by atoms with E-state index in [4.69, 9.17) is 11.6 Å². The van der Waals surface area contributed by atoms with Crippen molar-refractivity contribution in [2.24, 2.45) is 0 Å². The fourth-order valence-electron chi connectivity index (χ4n) is 1.41. The summed E-state index contributed by atoms with van der Waals surface area (Å²) in [7, 11) is 0. The number of amides is 2. The number of hydrogen-bond donors (Lipinski definition) is 2. The predicted molar refractivity (Wildman–Crippen MR) is 84.6 cm³/mol. The van der Waals surface area contributed by atoms with Gasteiger partial charge in [0.2, 0.25) is 0 Å². The third-order valence-corrected chi connectivity index (χ3v) is 3.07. The molecule has 2 aromatic rings. The minimum absolute atomic E-state index is 0.360. The number of halogens is 2. The van der Waals surface area contributed by atoms with Crippen molar-refractivity contribution in [1.82, 2.24) is 10.3 Å². The summed E-state index contributed by atoms with van der Waals surface area (Å²) in [6, 6.07) is 10.4. The van der Waals surface area contributed by atoms with E-state index in [0.717, 1.165) is 10.0 Å². The van der Waals surface area contributed by atoms with Gasteiger partial charge in [-0.1, -0.05) is 39.7 Å². The summed E-state index contributed by atoms with van der Waals surface area (Å²) in [6.07, 6.45) is 4.92. The second-order valence-electron chi connectivity index (χ2n) is 3.84. The molecule has 0 fully saturated rings. The standard InChI is InChI=1S/C14H11BrClN3O/c15-11-6-8-17-13(9-11)19-14(20)18-7-5-10-1-3-12(16)4-2-10/h1-9H,(H2,17,18,19,20)/b7-5+. The maximum Gasteiger partial charge on any atom is 0.324 e. The predicted octanol–water partition coefficient (Wildman–Crippen LogP) is 4.29. The number of carbonyl (C=O) groups excluding carboxylic acids is 1. The Morgan fingerprint density at radius 3 is 2.70 bits per heavy atom. The van der Waals surface area contributed by atoms with E-state index in [2.05, 4.69) is 31.5 Å². The SMILES string of the molecule is O=C(N/C=C/c1ccc(Cl)cc1)Nc1cc(Br)ccn1. The smallest absolute Gasteiger partial charge is 0.314 e. The van der Waals surface area contributed by atoms with E-state index in [1.54, 1.807) is 42.7 Å². The van der Waals surface area contributed by atoms with Gasteiger partial charge >= 0.3 is 6.03 Å². The quantitative estimate of drug-likeness (QED) is 0.866. The molecule has 1 aromatic carbocycles. The van der Waals surface area contributed by atoms with Gasteiger partial charge in [0.15, 0.2) is 0 Å². The molecule has 2 rings (SSSR count). The van der Waals surface area contributed by atoms with Gasteiger partial charge in [-0.15, -0.1) is 0 Å². The van der Waals surface area contributed by atoms with Gasteiger partial charge in [-0.05, 0) is 35.9 Å². The Balaban J connectivity index is 1.87. The van der Waals surface area contributed by atoms with Crippen LogP contribution in [0.5, 0.6) is 0 Å². The van der Waals surface area contributed by atoms with Crippen molar-refractivity contribution >= 4 is 45.5 Å². The average molecular weight is 353 g/mol. The molecular formula is C14H11BrClN3O. The first-order chi connectivity index (χ1) is 9.63. The molecule has 0 spiro atoms. The van der Waals surface area contributed by atoms with Gasteiger partial charge < -0.3 is 5.32 Å². The van der Waals surface area contributed by atoms with Crippen molar-refractivity contribution in [2.45, 2.75) is 0 Å². The zero-order valence-corrected chi connectivity index (χ0v) is 12.6. The number of hydrogen-bond acceptors (Lipinski definition) is 2. The van der Waals surface area contributed by atoms with Crippen molar-refractivity contribution in [3.05, 3.63) is 63.9 Å². The van der Waals surface area contributed by atoms with Crippen LogP contribution in [0.25, 0.3) is 6.08 Å². The number of aromatic nitrogens is 1. The molecule has 0 aliphatic rings. The maximum atomic E-state index is 11.6. The molecule has 6 heteroatoms. The lowest BCUT2D eigenvalue weighted by molar-refractivity contribution is 0.255. The highest BCUT2D eigenvalue weighted by Gasteiger charge is 2.00. The fraction of sp³-hybridized carbons (Fsp3) is 0. The third-order valence-electron chi connectivity index (χ3n) is 2.32. The minimum Gasteiger partial charge on any atom is -0.314 e. The number of nitrogens with zero attached hydrogens (tertiary/aromatic N) is 1. The van der Waals surface area contributed by atoms with Crippen LogP contribution in [0.1, 0.15) is 5.56 Å². The molecule has 0 unspecified atom stereocenters. The Morgan fingerprint density at radius 2 is 2.00 bits per heavy atom. The number of anilines is 1. The zero-order chi connectivity index (χ0) is 14.4. The highest BCUT2D eigenvalue weighted by atomic mass is 79.9. The number of rotatable bonds is 3. The van der Waals surface area contributed by atoms with Gasteiger partial charge in [0.05, 0.1) is 0 Å². The maximum absolute atomic E-state index is 11.6. The first kappa shape index (κ1) is 14.6. The monoisotopic (exact) mass is 351 g/mol. The van der Waals surface area contributed by atoms with E-state index in [1.165, 1.54) is 0 Å². The van der Waals surface area contributed by atoms with Crippen LogP contribution in [0.15, 0.2) is 53.3 Å². The van der Waals surface area contributed by atoms with E-state index >= 15 is 0 Å². The van der Waals surface area contributed by atoms with Gasteiger partial charge in [0.25, 0.3) is 0 Å². The highest BCUT2D eigenvalue weighted by Crippen LogP contribution is 2.12. The summed E-state index contributed by atoms with van der Waals surface area (Å²) in [4.78, 5) is 15.6. The van der Waals surface area contributed by atoms with Crippen LogP contribution in [-0.4, -0.2) is 11.0 Å².